The van der Waals surface area contributed by atoms with Gasteiger partial charge in [-0.05, 0) is 25.2 Å². The van der Waals surface area contributed by atoms with E-state index < -0.39 is 13.0 Å². The zero-order chi connectivity index (χ0) is 11.1. The SMILES string of the molecule is OC(CCOCC(F)F)C1CCCCC1. The van der Waals surface area contributed by atoms with Gasteiger partial charge in [0.1, 0.15) is 6.61 Å². The molecule has 0 bridgehead atoms. The summed E-state index contributed by atoms with van der Waals surface area (Å²) in [6, 6.07) is 0. The predicted octanol–water partition coefficient (Wildman–Crippen LogP) is 2.60. The maximum absolute atomic E-state index is 11.7. The van der Waals surface area contributed by atoms with E-state index in [1.807, 2.05) is 0 Å². The molecule has 90 valence electrons. The fraction of sp³-hybridized carbons (Fsp3) is 1.00. The van der Waals surface area contributed by atoms with E-state index in [0.717, 1.165) is 12.8 Å². The molecule has 1 unspecified atom stereocenters. The molecule has 0 heterocycles. The number of alkyl halides is 2. The van der Waals surface area contributed by atoms with Crippen molar-refractivity contribution in [2.75, 3.05) is 13.2 Å². The van der Waals surface area contributed by atoms with Gasteiger partial charge in [0.15, 0.2) is 0 Å². The van der Waals surface area contributed by atoms with Gasteiger partial charge >= 0.3 is 0 Å². The molecule has 1 N–H and O–H groups in total. The van der Waals surface area contributed by atoms with Crippen LogP contribution in [-0.2, 0) is 4.74 Å². The molecule has 1 aliphatic carbocycles. The summed E-state index contributed by atoms with van der Waals surface area (Å²) in [7, 11) is 0. The third-order valence-corrected chi connectivity index (χ3v) is 3.00. The van der Waals surface area contributed by atoms with Crippen molar-refractivity contribution in [2.45, 2.75) is 51.1 Å². The topological polar surface area (TPSA) is 29.5 Å². The summed E-state index contributed by atoms with van der Waals surface area (Å²) >= 11 is 0. The second-order valence-electron chi connectivity index (χ2n) is 4.22. The van der Waals surface area contributed by atoms with Crippen molar-refractivity contribution in [1.29, 1.82) is 0 Å². The molecule has 1 fully saturated rings. The first-order valence-corrected chi connectivity index (χ1v) is 5.74. The van der Waals surface area contributed by atoms with Crippen LogP contribution in [0.1, 0.15) is 38.5 Å². The van der Waals surface area contributed by atoms with Crippen LogP contribution in [0, 0.1) is 5.92 Å². The van der Waals surface area contributed by atoms with Crippen molar-refractivity contribution in [3.8, 4) is 0 Å². The lowest BCUT2D eigenvalue weighted by Crippen LogP contribution is -2.24. The number of halogens is 2. The van der Waals surface area contributed by atoms with Crippen LogP contribution in [0.2, 0.25) is 0 Å². The average Bonchev–Trinajstić information content (AvgIpc) is 2.25. The Morgan fingerprint density at radius 3 is 2.47 bits per heavy atom. The van der Waals surface area contributed by atoms with Gasteiger partial charge in [0, 0.05) is 6.61 Å². The van der Waals surface area contributed by atoms with Gasteiger partial charge in [-0.15, -0.1) is 0 Å². The van der Waals surface area contributed by atoms with Crippen LogP contribution in [0.4, 0.5) is 8.78 Å². The van der Waals surface area contributed by atoms with Crippen LogP contribution < -0.4 is 0 Å². The van der Waals surface area contributed by atoms with Crippen molar-refractivity contribution in [3.63, 3.8) is 0 Å². The van der Waals surface area contributed by atoms with Crippen LogP contribution in [0.25, 0.3) is 0 Å². The number of rotatable bonds is 6. The minimum atomic E-state index is -2.41. The highest BCUT2D eigenvalue weighted by molar-refractivity contribution is 4.72. The lowest BCUT2D eigenvalue weighted by Gasteiger charge is -2.26. The van der Waals surface area contributed by atoms with Crippen LogP contribution in [0.15, 0.2) is 0 Å². The van der Waals surface area contributed by atoms with Crippen LogP contribution in [-0.4, -0.2) is 30.8 Å². The van der Waals surface area contributed by atoms with Crippen LogP contribution in [0.3, 0.4) is 0 Å². The molecule has 0 aromatic rings. The van der Waals surface area contributed by atoms with E-state index in [2.05, 4.69) is 0 Å². The summed E-state index contributed by atoms with van der Waals surface area (Å²) in [6.07, 6.45) is 3.45. The molecule has 4 heteroatoms. The van der Waals surface area contributed by atoms with Gasteiger partial charge in [0.25, 0.3) is 6.43 Å². The van der Waals surface area contributed by atoms with Crippen molar-refractivity contribution in [3.05, 3.63) is 0 Å². The first-order chi connectivity index (χ1) is 7.20. The molecule has 1 saturated carbocycles. The van der Waals surface area contributed by atoms with Crippen molar-refractivity contribution >= 4 is 0 Å². The predicted molar refractivity (Wildman–Crippen MR) is 54.0 cm³/mol. The Morgan fingerprint density at radius 2 is 1.87 bits per heavy atom. The molecule has 0 spiro atoms. The Hall–Kier alpha value is -0.220. The molecule has 0 aromatic carbocycles. The van der Waals surface area contributed by atoms with E-state index in [1.165, 1.54) is 19.3 Å². The molecule has 1 aliphatic rings. The molecule has 1 rings (SSSR count). The smallest absolute Gasteiger partial charge is 0.261 e. The highest BCUT2D eigenvalue weighted by Gasteiger charge is 2.21. The first kappa shape index (κ1) is 12.8. The number of hydrogen-bond acceptors (Lipinski definition) is 2. The molecule has 2 nitrogen and oxygen atoms in total. The third-order valence-electron chi connectivity index (χ3n) is 3.00. The lowest BCUT2D eigenvalue weighted by molar-refractivity contribution is -0.00606. The summed E-state index contributed by atoms with van der Waals surface area (Å²) in [6.45, 7) is -0.278. The quantitative estimate of drug-likeness (QED) is 0.700. The largest absolute Gasteiger partial charge is 0.393 e. The fourth-order valence-electron chi connectivity index (χ4n) is 2.13. The maximum Gasteiger partial charge on any atom is 0.261 e. The van der Waals surface area contributed by atoms with Gasteiger partial charge in [-0.2, -0.15) is 0 Å². The summed E-state index contributed by atoms with van der Waals surface area (Å²) in [4.78, 5) is 0. The van der Waals surface area contributed by atoms with E-state index in [0.29, 0.717) is 12.3 Å². The Bertz CT molecular complexity index is 159. The molecule has 0 aromatic heterocycles. The first-order valence-electron chi connectivity index (χ1n) is 5.74. The third kappa shape index (κ3) is 5.42. The highest BCUT2D eigenvalue weighted by Crippen LogP contribution is 2.27. The molecule has 0 radical (unpaired) electrons. The van der Waals surface area contributed by atoms with E-state index >= 15 is 0 Å². The molecule has 1 atom stereocenters. The molecular formula is C11H20F2O2. The zero-order valence-electron chi connectivity index (χ0n) is 9.00. The lowest BCUT2D eigenvalue weighted by atomic mass is 9.84. The Morgan fingerprint density at radius 1 is 1.20 bits per heavy atom. The molecule has 0 amide bonds. The monoisotopic (exact) mass is 222 g/mol. The zero-order valence-corrected chi connectivity index (χ0v) is 9.00. The van der Waals surface area contributed by atoms with Gasteiger partial charge in [-0.1, -0.05) is 19.3 Å². The van der Waals surface area contributed by atoms with Gasteiger partial charge in [-0.3, -0.25) is 0 Å². The molecule has 0 aliphatic heterocycles. The Balaban J connectivity index is 2.04. The van der Waals surface area contributed by atoms with E-state index in [-0.39, 0.29) is 12.7 Å². The second-order valence-corrected chi connectivity index (χ2v) is 4.22. The highest BCUT2D eigenvalue weighted by atomic mass is 19.3. The summed E-state index contributed by atoms with van der Waals surface area (Å²) < 4.78 is 28.2. The fourth-order valence-corrected chi connectivity index (χ4v) is 2.13. The minimum absolute atomic E-state index is 0.238. The Kier molecular flexibility index (Phi) is 6.10. The number of aliphatic hydroxyl groups excluding tert-OH is 1. The van der Waals surface area contributed by atoms with Crippen molar-refractivity contribution < 1.29 is 18.6 Å². The summed E-state index contributed by atoms with van der Waals surface area (Å²) in [5, 5.41) is 9.77. The number of ether oxygens (including phenoxy) is 1. The number of hydrogen-bond donors (Lipinski definition) is 1. The standard InChI is InChI=1S/C11H20F2O2/c12-11(13)8-15-7-6-10(14)9-4-2-1-3-5-9/h9-11,14H,1-8H2. The van der Waals surface area contributed by atoms with Crippen LogP contribution >= 0.6 is 0 Å². The second kappa shape index (κ2) is 7.12. The normalized spacial score (nSPS) is 20.8. The summed E-state index contributed by atoms with van der Waals surface area (Å²) in [5.74, 6) is 0.355. The minimum Gasteiger partial charge on any atom is -0.393 e. The van der Waals surface area contributed by atoms with Gasteiger partial charge in [-0.25, -0.2) is 8.78 Å². The van der Waals surface area contributed by atoms with Gasteiger partial charge in [0.05, 0.1) is 6.10 Å². The molecule has 15 heavy (non-hydrogen) atoms. The summed E-state index contributed by atoms with van der Waals surface area (Å²) in [5.41, 5.74) is 0. The number of aliphatic hydroxyl groups is 1. The van der Waals surface area contributed by atoms with Gasteiger partial charge in [0.2, 0.25) is 0 Å². The molecular weight excluding hydrogens is 202 g/mol. The molecule has 0 saturated heterocycles. The Labute approximate surface area is 89.6 Å². The average molecular weight is 222 g/mol. The van der Waals surface area contributed by atoms with E-state index in [1.54, 1.807) is 0 Å². The van der Waals surface area contributed by atoms with Crippen molar-refractivity contribution in [1.82, 2.24) is 0 Å². The van der Waals surface area contributed by atoms with E-state index in [9.17, 15) is 13.9 Å². The van der Waals surface area contributed by atoms with Gasteiger partial charge < -0.3 is 9.84 Å². The van der Waals surface area contributed by atoms with Crippen molar-refractivity contribution in [2.24, 2.45) is 5.92 Å². The van der Waals surface area contributed by atoms with Crippen LogP contribution in [0.5, 0.6) is 0 Å². The van der Waals surface area contributed by atoms with E-state index in [4.69, 9.17) is 4.74 Å². The maximum atomic E-state index is 11.7.